The average Bonchev–Trinajstić information content (AvgIpc) is 2.33. The molecule has 0 spiro atoms. The second-order valence-electron chi connectivity index (χ2n) is 6.09. The number of nitrogens with zero attached hydrogens (tertiary/aromatic N) is 3. The number of likely N-dealkylation sites (tertiary alicyclic amines) is 1. The molecule has 0 radical (unpaired) electrons. The van der Waals surface area contributed by atoms with Gasteiger partial charge in [0.15, 0.2) is 0 Å². The maximum atomic E-state index is 4.83. The fraction of sp³-hybridized carbons (Fsp3) is 0.667. The van der Waals surface area contributed by atoms with Gasteiger partial charge in [0.05, 0.1) is 0 Å². The predicted molar refractivity (Wildman–Crippen MR) is 73.7 cm³/mol. The molecule has 1 saturated heterocycles. The van der Waals surface area contributed by atoms with E-state index in [1.807, 2.05) is 0 Å². The Balaban J connectivity index is 1.73. The van der Waals surface area contributed by atoms with Crippen LogP contribution in [0, 0.1) is 0 Å². The molecule has 3 heterocycles. The van der Waals surface area contributed by atoms with Crippen LogP contribution in [-0.2, 0) is 13.0 Å². The van der Waals surface area contributed by atoms with Crippen molar-refractivity contribution in [3.8, 4) is 0 Å². The molecular weight excluding hydrogens is 222 g/mol. The summed E-state index contributed by atoms with van der Waals surface area (Å²) in [6.45, 7) is 9.17. The number of aromatic nitrogens is 1. The molecule has 0 saturated carbocycles. The summed E-state index contributed by atoms with van der Waals surface area (Å²) in [5.41, 5.74) is 4.02. The van der Waals surface area contributed by atoms with Gasteiger partial charge in [-0.15, -0.1) is 0 Å². The van der Waals surface area contributed by atoms with Gasteiger partial charge in [0.2, 0.25) is 0 Å². The van der Waals surface area contributed by atoms with Crippen LogP contribution in [0.2, 0.25) is 0 Å². The third kappa shape index (κ3) is 2.17. The van der Waals surface area contributed by atoms with Crippen LogP contribution in [0.5, 0.6) is 0 Å². The van der Waals surface area contributed by atoms with Crippen LogP contribution in [0.1, 0.15) is 36.7 Å². The Morgan fingerprint density at radius 3 is 2.72 bits per heavy atom. The summed E-state index contributed by atoms with van der Waals surface area (Å²) in [6, 6.07) is 5.28. The van der Waals surface area contributed by atoms with Gasteiger partial charge in [0.1, 0.15) is 0 Å². The molecule has 98 valence electrons. The van der Waals surface area contributed by atoms with Crippen LogP contribution in [0.15, 0.2) is 12.1 Å². The van der Waals surface area contributed by atoms with Gasteiger partial charge in [-0.3, -0.25) is 9.88 Å². The third-order valence-electron chi connectivity index (χ3n) is 4.25. The Hall–Kier alpha value is -0.930. The second kappa shape index (κ2) is 4.63. The van der Waals surface area contributed by atoms with Crippen LogP contribution in [0.25, 0.3) is 0 Å². The molecule has 1 aromatic rings. The van der Waals surface area contributed by atoms with Crippen molar-refractivity contribution >= 4 is 0 Å². The van der Waals surface area contributed by atoms with E-state index in [9.17, 15) is 0 Å². The minimum absolute atomic E-state index is 0.536. The zero-order chi connectivity index (χ0) is 12.7. The lowest BCUT2D eigenvalue weighted by molar-refractivity contribution is 0.0430. The molecule has 0 unspecified atom stereocenters. The number of pyridine rings is 1. The summed E-state index contributed by atoms with van der Waals surface area (Å²) < 4.78 is 0. The van der Waals surface area contributed by atoms with Crippen molar-refractivity contribution in [2.24, 2.45) is 0 Å². The minimum Gasteiger partial charge on any atom is -0.303 e. The molecule has 3 rings (SSSR count). The quantitative estimate of drug-likeness (QED) is 0.793. The summed E-state index contributed by atoms with van der Waals surface area (Å²) >= 11 is 0. The van der Waals surface area contributed by atoms with E-state index in [1.165, 1.54) is 36.6 Å². The van der Waals surface area contributed by atoms with E-state index in [1.54, 1.807) is 0 Å². The monoisotopic (exact) mass is 245 g/mol. The minimum atomic E-state index is 0.536. The Morgan fingerprint density at radius 2 is 2.06 bits per heavy atom. The first-order valence-electron chi connectivity index (χ1n) is 7.05. The van der Waals surface area contributed by atoms with Crippen molar-refractivity contribution in [1.82, 2.24) is 14.8 Å². The molecule has 2 aliphatic rings. The largest absolute Gasteiger partial charge is 0.303 e. The van der Waals surface area contributed by atoms with Gasteiger partial charge >= 0.3 is 0 Å². The van der Waals surface area contributed by atoms with Crippen LogP contribution >= 0.6 is 0 Å². The normalized spacial score (nSPS) is 22.0. The molecule has 0 amide bonds. The van der Waals surface area contributed by atoms with E-state index in [4.69, 9.17) is 4.98 Å². The highest BCUT2D eigenvalue weighted by molar-refractivity contribution is 5.26. The van der Waals surface area contributed by atoms with E-state index in [0.717, 1.165) is 19.0 Å². The molecule has 2 aliphatic heterocycles. The number of fused-ring (bicyclic) bond motifs is 1. The molecule has 0 aromatic carbocycles. The van der Waals surface area contributed by atoms with Crippen LogP contribution in [0.4, 0.5) is 0 Å². The van der Waals surface area contributed by atoms with E-state index in [2.05, 4.69) is 42.8 Å². The van der Waals surface area contributed by atoms with Crippen molar-refractivity contribution in [3.05, 3.63) is 29.1 Å². The zero-order valence-electron chi connectivity index (χ0n) is 11.7. The van der Waals surface area contributed by atoms with Gasteiger partial charge in [-0.05, 0) is 24.6 Å². The number of likely N-dealkylation sites (N-methyl/N-ethyl adjacent to an activating group) is 1. The maximum absolute atomic E-state index is 4.83. The van der Waals surface area contributed by atoms with E-state index in [-0.39, 0.29) is 0 Å². The highest BCUT2D eigenvalue weighted by Gasteiger charge is 2.31. The van der Waals surface area contributed by atoms with Crippen molar-refractivity contribution in [2.45, 2.75) is 38.8 Å². The lowest BCUT2D eigenvalue weighted by Crippen LogP contribution is -2.58. The van der Waals surface area contributed by atoms with E-state index in [0.29, 0.717) is 5.92 Å². The van der Waals surface area contributed by atoms with Gasteiger partial charge in [-0.25, -0.2) is 0 Å². The summed E-state index contributed by atoms with van der Waals surface area (Å²) in [5, 5.41) is 0. The maximum Gasteiger partial charge on any atom is 0.0464 e. The molecule has 0 aliphatic carbocycles. The summed E-state index contributed by atoms with van der Waals surface area (Å²) in [6.07, 6.45) is 1.12. The Morgan fingerprint density at radius 1 is 1.28 bits per heavy atom. The third-order valence-corrected chi connectivity index (χ3v) is 4.25. The molecule has 0 N–H and O–H groups in total. The van der Waals surface area contributed by atoms with E-state index < -0.39 is 0 Å². The molecular formula is C15H23N3. The smallest absolute Gasteiger partial charge is 0.0464 e. The van der Waals surface area contributed by atoms with Crippen molar-refractivity contribution in [2.75, 3.05) is 26.7 Å². The molecule has 3 heteroatoms. The average molecular weight is 245 g/mol. The number of hydrogen-bond donors (Lipinski definition) is 0. The standard InChI is InChI=1S/C15H23N3/c1-11(2)14-5-4-12-8-18(7-6-15(12)16-14)13-9-17(3)10-13/h4-5,11,13H,6-10H2,1-3H3. The van der Waals surface area contributed by atoms with Crippen LogP contribution < -0.4 is 0 Å². The summed E-state index contributed by atoms with van der Waals surface area (Å²) in [4.78, 5) is 9.84. The van der Waals surface area contributed by atoms with Gasteiger partial charge in [0, 0.05) is 50.0 Å². The molecule has 0 atom stereocenters. The summed E-state index contributed by atoms with van der Waals surface area (Å²) in [7, 11) is 2.20. The Bertz CT molecular complexity index is 435. The lowest BCUT2D eigenvalue weighted by atomic mass is 9.99. The van der Waals surface area contributed by atoms with E-state index >= 15 is 0 Å². The Labute approximate surface area is 110 Å². The highest BCUT2D eigenvalue weighted by Crippen LogP contribution is 2.24. The molecule has 18 heavy (non-hydrogen) atoms. The van der Waals surface area contributed by atoms with Crippen LogP contribution in [0.3, 0.4) is 0 Å². The fourth-order valence-corrected chi connectivity index (χ4v) is 2.99. The first kappa shape index (κ1) is 12.1. The van der Waals surface area contributed by atoms with Crippen molar-refractivity contribution in [1.29, 1.82) is 0 Å². The second-order valence-corrected chi connectivity index (χ2v) is 6.09. The Kier molecular flexibility index (Phi) is 3.12. The van der Waals surface area contributed by atoms with Crippen LogP contribution in [-0.4, -0.2) is 47.5 Å². The molecule has 0 bridgehead atoms. The number of rotatable bonds is 2. The van der Waals surface area contributed by atoms with Gasteiger partial charge in [-0.2, -0.15) is 0 Å². The zero-order valence-corrected chi connectivity index (χ0v) is 11.7. The summed E-state index contributed by atoms with van der Waals surface area (Å²) in [5.74, 6) is 0.536. The topological polar surface area (TPSA) is 19.4 Å². The molecule has 3 nitrogen and oxygen atoms in total. The predicted octanol–water partition coefficient (Wildman–Crippen LogP) is 1.88. The van der Waals surface area contributed by atoms with Gasteiger partial charge in [0.25, 0.3) is 0 Å². The highest BCUT2D eigenvalue weighted by atomic mass is 15.3. The molecule has 1 aromatic heterocycles. The van der Waals surface area contributed by atoms with Crippen molar-refractivity contribution < 1.29 is 0 Å². The fourth-order valence-electron chi connectivity index (χ4n) is 2.99. The lowest BCUT2D eigenvalue weighted by Gasteiger charge is -2.45. The van der Waals surface area contributed by atoms with Crippen molar-refractivity contribution in [3.63, 3.8) is 0 Å². The SMILES string of the molecule is CC(C)c1ccc2c(n1)CCN(C1CN(C)C1)C2. The molecule has 1 fully saturated rings. The van der Waals surface area contributed by atoms with Gasteiger partial charge < -0.3 is 4.90 Å². The number of hydrogen-bond acceptors (Lipinski definition) is 3. The first-order chi connectivity index (χ1) is 8.63. The first-order valence-corrected chi connectivity index (χ1v) is 7.05. The van der Waals surface area contributed by atoms with Gasteiger partial charge in [-0.1, -0.05) is 19.9 Å².